The molecule has 17 heavy (non-hydrogen) atoms. The van der Waals surface area contributed by atoms with Crippen LogP contribution in [0.25, 0.3) is 0 Å². The van der Waals surface area contributed by atoms with E-state index in [4.69, 9.17) is 10.8 Å². The quantitative estimate of drug-likeness (QED) is 0.440. The lowest BCUT2D eigenvalue weighted by Gasteiger charge is -2.27. The first-order valence-corrected chi connectivity index (χ1v) is 5.41. The Hall–Kier alpha value is -1.79. The summed E-state index contributed by atoms with van der Waals surface area (Å²) in [7, 11) is 0. The fraction of sp³-hybridized carbons (Fsp3) is 0.364. The Balaban J connectivity index is 2.02. The molecule has 1 aromatic rings. The van der Waals surface area contributed by atoms with E-state index in [2.05, 4.69) is 15.6 Å². The maximum absolute atomic E-state index is 9.52. The number of rotatable bonds is 2. The summed E-state index contributed by atoms with van der Waals surface area (Å²) in [4.78, 5) is 4.13. The number of aliphatic imine (C=N–C) groups is 1. The van der Waals surface area contributed by atoms with Crippen molar-refractivity contribution in [2.45, 2.75) is 12.1 Å². The van der Waals surface area contributed by atoms with Crippen molar-refractivity contribution in [3.8, 4) is 0 Å². The molecule has 0 bridgehead atoms. The molecule has 2 rings (SSSR count). The largest absolute Gasteiger partial charge is 0.399 e. The summed E-state index contributed by atoms with van der Waals surface area (Å²) in [5.41, 5.74) is 7.12. The third kappa shape index (κ3) is 2.86. The standard InChI is InChI=1S/C11H16N4O2/c12-7-1-3-8(4-2-7)14-11-13-5-10(17)9(6-16)15-11/h1-4,9-10,16-17H,5-6,12H2,(H2,13,14,15)/t9-,10+/m1/s1. The SMILES string of the molecule is Nc1ccc(NC2=NC[C@H](O)[C@@H](CO)N2)cc1. The molecule has 0 unspecified atom stereocenters. The second-order valence-electron chi connectivity index (χ2n) is 3.94. The van der Waals surface area contributed by atoms with E-state index in [1.807, 2.05) is 12.1 Å². The molecule has 6 heteroatoms. The molecular formula is C11H16N4O2. The normalized spacial score (nSPS) is 23.8. The predicted octanol–water partition coefficient (Wildman–Crippen LogP) is -0.638. The minimum atomic E-state index is -0.656. The topological polar surface area (TPSA) is 103 Å². The number of benzene rings is 1. The van der Waals surface area contributed by atoms with E-state index >= 15 is 0 Å². The number of hydrogen-bond acceptors (Lipinski definition) is 6. The molecule has 1 aliphatic rings. The van der Waals surface area contributed by atoms with Crippen LogP contribution in [0.1, 0.15) is 0 Å². The minimum Gasteiger partial charge on any atom is -0.399 e. The summed E-state index contributed by atoms with van der Waals surface area (Å²) in [6, 6.07) is 6.84. The molecule has 92 valence electrons. The maximum atomic E-state index is 9.52. The molecule has 1 heterocycles. The Kier molecular flexibility index (Phi) is 3.46. The molecule has 2 atom stereocenters. The first-order chi connectivity index (χ1) is 8.19. The summed E-state index contributed by atoms with van der Waals surface area (Å²) in [6.07, 6.45) is -0.656. The van der Waals surface area contributed by atoms with Gasteiger partial charge in [0.15, 0.2) is 5.96 Å². The summed E-state index contributed by atoms with van der Waals surface area (Å²) in [5, 5.41) is 24.6. The first-order valence-electron chi connectivity index (χ1n) is 5.41. The highest BCUT2D eigenvalue weighted by molar-refractivity contribution is 5.94. The average molecular weight is 236 g/mol. The number of nitrogens with zero attached hydrogens (tertiary/aromatic N) is 1. The second-order valence-corrected chi connectivity index (χ2v) is 3.94. The van der Waals surface area contributed by atoms with Crippen molar-refractivity contribution in [3.05, 3.63) is 24.3 Å². The van der Waals surface area contributed by atoms with E-state index < -0.39 is 6.10 Å². The van der Waals surface area contributed by atoms with Crippen molar-refractivity contribution in [2.75, 3.05) is 24.2 Å². The molecule has 1 aliphatic heterocycles. The van der Waals surface area contributed by atoms with Crippen LogP contribution >= 0.6 is 0 Å². The Labute approximate surface area is 99.2 Å². The average Bonchev–Trinajstić information content (AvgIpc) is 2.34. The number of guanidine groups is 1. The van der Waals surface area contributed by atoms with E-state index in [0.717, 1.165) is 5.69 Å². The fourth-order valence-electron chi connectivity index (χ4n) is 1.58. The lowest BCUT2D eigenvalue weighted by atomic mass is 10.1. The van der Waals surface area contributed by atoms with Gasteiger partial charge < -0.3 is 26.6 Å². The highest BCUT2D eigenvalue weighted by atomic mass is 16.3. The summed E-state index contributed by atoms with van der Waals surface area (Å²) >= 11 is 0. The number of aliphatic hydroxyl groups excluding tert-OH is 2. The van der Waals surface area contributed by atoms with Gasteiger partial charge in [-0.1, -0.05) is 0 Å². The van der Waals surface area contributed by atoms with Crippen LogP contribution in [0.15, 0.2) is 29.3 Å². The van der Waals surface area contributed by atoms with Gasteiger partial charge in [0.2, 0.25) is 0 Å². The number of nitrogen functional groups attached to an aromatic ring is 1. The molecule has 6 N–H and O–H groups in total. The van der Waals surface area contributed by atoms with E-state index in [1.54, 1.807) is 12.1 Å². The maximum Gasteiger partial charge on any atom is 0.196 e. The van der Waals surface area contributed by atoms with E-state index in [0.29, 0.717) is 11.6 Å². The zero-order chi connectivity index (χ0) is 12.3. The fourth-order valence-corrected chi connectivity index (χ4v) is 1.58. The second kappa shape index (κ2) is 5.03. The van der Waals surface area contributed by atoms with Gasteiger partial charge in [0, 0.05) is 11.4 Å². The van der Waals surface area contributed by atoms with E-state index in [9.17, 15) is 5.11 Å². The van der Waals surface area contributed by atoms with Crippen molar-refractivity contribution >= 4 is 17.3 Å². The van der Waals surface area contributed by atoms with Crippen LogP contribution in [0.3, 0.4) is 0 Å². The van der Waals surface area contributed by atoms with Crippen LogP contribution < -0.4 is 16.4 Å². The molecule has 0 saturated heterocycles. The number of hydrogen-bond donors (Lipinski definition) is 5. The van der Waals surface area contributed by atoms with E-state index in [-0.39, 0.29) is 19.2 Å². The van der Waals surface area contributed by atoms with Gasteiger partial charge >= 0.3 is 0 Å². The highest BCUT2D eigenvalue weighted by Crippen LogP contribution is 2.11. The molecule has 0 saturated carbocycles. The smallest absolute Gasteiger partial charge is 0.196 e. The van der Waals surface area contributed by atoms with Crippen LogP contribution in [0.2, 0.25) is 0 Å². The zero-order valence-electron chi connectivity index (χ0n) is 9.30. The van der Waals surface area contributed by atoms with E-state index in [1.165, 1.54) is 0 Å². The van der Waals surface area contributed by atoms with Crippen LogP contribution in [0, 0.1) is 0 Å². The Morgan fingerprint density at radius 2 is 2.12 bits per heavy atom. The number of aliphatic hydroxyl groups is 2. The summed E-state index contributed by atoms with van der Waals surface area (Å²) in [5.74, 6) is 0.541. The first kappa shape index (κ1) is 11.7. The molecule has 0 spiro atoms. The van der Waals surface area contributed by atoms with Crippen molar-refractivity contribution in [1.29, 1.82) is 0 Å². The minimum absolute atomic E-state index is 0.135. The van der Waals surface area contributed by atoms with Gasteiger partial charge in [-0.15, -0.1) is 0 Å². The lowest BCUT2D eigenvalue weighted by Crippen LogP contribution is -2.52. The number of nitrogens with two attached hydrogens (primary N) is 1. The zero-order valence-corrected chi connectivity index (χ0v) is 9.30. The molecule has 0 radical (unpaired) electrons. The number of anilines is 2. The van der Waals surface area contributed by atoms with Crippen LogP contribution in [-0.4, -0.2) is 41.5 Å². The monoisotopic (exact) mass is 236 g/mol. The molecular weight excluding hydrogens is 220 g/mol. The highest BCUT2D eigenvalue weighted by Gasteiger charge is 2.23. The summed E-state index contributed by atoms with van der Waals surface area (Å²) in [6.45, 7) is 0.138. The van der Waals surface area contributed by atoms with Gasteiger partial charge in [-0.2, -0.15) is 0 Å². The molecule has 0 amide bonds. The molecule has 0 aliphatic carbocycles. The van der Waals surface area contributed by atoms with Crippen LogP contribution in [0.5, 0.6) is 0 Å². The van der Waals surface area contributed by atoms with Gasteiger partial charge in [-0.05, 0) is 24.3 Å². The summed E-state index contributed by atoms with van der Waals surface area (Å²) < 4.78 is 0. The molecule has 0 fully saturated rings. The Bertz CT molecular complexity index is 404. The Morgan fingerprint density at radius 3 is 2.76 bits per heavy atom. The van der Waals surface area contributed by atoms with Crippen molar-refractivity contribution in [2.24, 2.45) is 4.99 Å². The van der Waals surface area contributed by atoms with Gasteiger partial charge in [0.05, 0.1) is 25.3 Å². The van der Waals surface area contributed by atoms with Crippen LogP contribution in [0.4, 0.5) is 11.4 Å². The van der Waals surface area contributed by atoms with Crippen molar-refractivity contribution in [3.63, 3.8) is 0 Å². The lowest BCUT2D eigenvalue weighted by molar-refractivity contribution is 0.101. The molecule has 6 nitrogen and oxygen atoms in total. The number of nitrogens with one attached hydrogen (secondary N) is 2. The van der Waals surface area contributed by atoms with Crippen LogP contribution in [-0.2, 0) is 0 Å². The Morgan fingerprint density at radius 1 is 1.41 bits per heavy atom. The molecule has 1 aromatic carbocycles. The predicted molar refractivity (Wildman–Crippen MR) is 66.8 cm³/mol. The van der Waals surface area contributed by atoms with Gasteiger partial charge in [-0.25, -0.2) is 0 Å². The third-order valence-electron chi connectivity index (χ3n) is 2.59. The van der Waals surface area contributed by atoms with Gasteiger partial charge in [0.25, 0.3) is 0 Å². The van der Waals surface area contributed by atoms with Crippen molar-refractivity contribution < 1.29 is 10.2 Å². The van der Waals surface area contributed by atoms with Crippen molar-refractivity contribution in [1.82, 2.24) is 5.32 Å². The molecule has 0 aromatic heterocycles. The van der Waals surface area contributed by atoms with Gasteiger partial charge in [0.1, 0.15) is 0 Å². The van der Waals surface area contributed by atoms with Gasteiger partial charge in [-0.3, -0.25) is 4.99 Å². The third-order valence-corrected chi connectivity index (χ3v) is 2.59.